The van der Waals surface area contributed by atoms with Gasteiger partial charge in [0.2, 0.25) is 0 Å². The van der Waals surface area contributed by atoms with E-state index in [4.69, 9.17) is 0 Å². The molecule has 146 valence electrons. The molecule has 6 heteroatoms. The first-order chi connectivity index (χ1) is 12.7. The Bertz CT molecular complexity index is 751. The van der Waals surface area contributed by atoms with Gasteiger partial charge in [-0.3, -0.25) is 4.99 Å². The van der Waals surface area contributed by atoms with E-state index >= 15 is 0 Å². The number of nitrogens with zero attached hydrogens (tertiary/aromatic N) is 2. The molecule has 1 aliphatic rings. The van der Waals surface area contributed by atoms with Gasteiger partial charge in [-0.1, -0.05) is 30.3 Å². The molecule has 2 aromatic carbocycles. The fraction of sp³-hybridized carbons (Fsp3) is 0.381. The van der Waals surface area contributed by atoms with Gasteiger partial charge in [0.1, 0.15) is 5.82 Å². The van der Waals surface area contributed by atoms with Crippen molar-refractivity contribution in [2.24, 2.45) is 10.9 Å². The third-order valence-corrected chi connectivity index (χ3v) is 4.87. The van der Waals surface area contributed by atoms with Gasteiger partial charge in [0.05, 0.1) is 0 Å². The number of nitrogens with one attached hydrogen (secondary N) is 2. The van der Waals surface area contributed by atoms with Crippen LogP contribution in [0.5, 0.6) is 0 Å². The number of rotatable bonds is 5. The number of hydrogen-bond donors (Lipinski definition) is 2. The predicted molar refractivity (Wildman–Crippen MR) is 122 cm³/mol. The van der Waals surface area contributed by atoms with Crippen LogP contribution in [-0.2, 0) is 6.54 Å². The van der Waals surface area contributed by atoms with Crippen molar-refractivity contribution in [3.8, 4) is 0 Å². The van der Waals surface area contributed by atoms with Gasteiger partial charge in [-0.15, -0.1) is 24.0 Å². The monoisotopic (exact) mass is 482 g/mol. The number of guanidine groups is 1. The standard InChI is InChI=1S/C21H27FN4.HI/c1-16-12-17(8-9-20(16)22)13-24-21(23-2)25-14-18-10-11-26(15-18)19-6-4-3-5-7-19;/h3-9,12,18H,10-11,13-15H2,1-2H3,(H2,23,24,25);1H. The highest BCUT2D eigenvalue weighted by atomic mass is 127. The lowest BCUT2D eigenvalue weighted by atomic mass is 10.1. The maximum Gasteiger partial charge on any atom is 0.191 e. The summed E-state index contributed by atoms with van der Waals surface area (Å²) < 4.78 is 13.4. The molecule has 2 aromatic rings. The topological polar surface area (TPSA) is 39.7 Å². The molecule has 2 N–H and O–H groups in total. The molecule has 0 aromatic heterocycles. The van der Waals surface area contributed by atoms with Gasteiger partial charge >= 0.3 is 0 Å². The fourth-order valence-electron chi connectivity index (χ4n) is 3.34. The lowest BCUT2D eigenvalue weighted by molar-refractivity contribution is 0.565. The van der Waals surface area contributed by atoms with Crippen LogP contribution in [0, 0.1) is 18.7 Å². The van der Waals surface area contributed by atoms with Crippen molar-refractivity contribution in [2.45, 2.75) is 19.9 Å². The second-order valence-electron chi connectivity index (χ2n) is 6.83. The number of halogens is 2. The second kappa shape index (κ2) is 10.5. The van der Waals surface area contributed by atoms with E-state index in [0.29, 0.717) is 18.0 Å². The molecule has 27 heavy (non-hydrogen) atoms. The van der Waals surface area contributed by atoms with Crippen LogP contribution < -0.4 is 15.5 Å². The molecule has 1 atom stereocenters. The molecule has 1 aliphatic heterocycles. The van der Waals surface area contributed by atoms with Gasteiger partial charge in [-0.25, -0.2) is 4.39 Å². The fourth-order valence-corrected chi connectivity index (χ4v) is 3.34. The SMILES string of the molecule is CN=C(NCc1ccc(F)c(C)c1)NCC1CCN(c2ccccc2)C1.I. The zero-order valence-electron chi connectivity index (χ0n) is 15.9. The highest BCUT2D eigenvalue weighted by Gasteiger charge is 2.22. The maximum absolute atomic E-state index is 13.4. The number of benzene rings is 2. The van der Waals surface area contributed by atoms with E-state index in [0.717, 1.165) is 31.2 Å². The van der Waals surface area contributed by atoms with Gasteiger partial charge in [0, 0.05) is 38.9 Å². The molecule has 1 fully saturated rings. The lowest BCUT2D eigenvalue weighted by Crippen LogP contribution is -2.40. The summed E-state index contributed by atoms with van der Waals surface area (Å²) in [4.78, 5) is 6.72. The minimum absolute atomic E-state index is 0. The van der Waals surface area contributed by atoms with E-state index in [2.05, 4.69) is 50.9 Å². The second-order valence-corrected chi connectivity index (χ2v) is 6.83. The van der Waals surface area contributed by atoms with E-state index in [9.17, 15) is 4.39 Å². The largest absolute Gasteiger partial charge is 0.371 e. The number of aliphatic imine (C=N–C) groups is 1. The zero-order chi connectivity index (χ0) is 18.4. The van der Waals surface area contributed by atoms with Crippen LogP contribution in [0.4, 0.5) is 10.1 Å². The predicted octanol–water partition coefficient (Wildman–Crippen LogP) is 3.94. The van der Waals surface area contributed by atoms with Crippen molar-refractivity contribution in [2.75, 3.05) is 31.6 Å². The Hall–Kier alpha value is -1.83. The van der Waals surface area contributed by atoms with Crippen molar-refractivity contribution in [3.63, 3.8) is 0 Å². The highest BCUT2D eigenvalue weighted by molar-refractivity contribution is 14.0. The van der Waals surface area contributed by atoms with Crippen LogP contribution in [0.3, 0.4) is 0 Å². The Morgan fingerprint density at radius 1 is 1.19 bits per heavy atom. The Kier molecular flexibility index (Phi) is 8.34. The third-order valence-electron chi connectivity index (χ3n) is 4.87. The summed E-state index contributed by atoms with van der Waals surface area (Å²) in [6, 6.07) is 15.7. The summed E-state index contributed by atoms with van der Waals surface area (Å²) in [6.45, 7) is 5.46. The number of aryl methyl sites for hydroxylation is 1. The quantitative estimate of drug-likeness (QED) is 0.386. The Morgan fingerprint density at radius 3 is 2.67 bits per heavy atom. The van der Waals surface area contributed by atoms with E-state index < -0.39 is 0 Å². The van der Waals surface area contributed by atoms with Crippen molar-refractivity contribution in [1.82, 2.24) is 10.6 Å². The smallest absolute Gasteiger partial charge is 0.191 e. The van der Waals surface area contributed by atoms with Crippen molar-refractivity contribution in [1.29, 1.82) is 0 Å². The Labute approximate surface area is 178 Å². The summed E-state index contributed by atoms with van der Waals surface area (Å²) in [5, 5.41) is 6.72. The van der Waals surface area contributed by atoms with Crippen LogP contribution >= 0.6 is 24.0 Å². The summed E-state index contributed by atoms with van der Waals surface area (Å²) in [6.07, 6.45) is 1.18. The van der Waals surface area contributed by atoms with Crippen LogP contribution in [0.2, 0.25) is 0 Å². The van der Waals surface area contributed by atoms with E-state index in [-0.39, 0.29) is 29.8 Å². The average molecular weight is 482 g/mol. The first kappa shape index (κ1) is 21.5. The molecular formula is C21H28FIN4. The van der Waals surface area contributed by atoms with Crippen molar-refractivity contribution in [3.05, 3.63) is 65.5 Å². The number of anilines is 1. The van der Waals surface area contributed by atoms with Crippen LogP contribution in [0.1, 0.15) is 17.5 Å². The summed E-state index contributed by atoms with van der Waals surface area (Å²) in [5.41, 5.74) is 3.01. The summed E-state index contributed by atoms with van der Waals surface area (Å²) in [5.74, 6) is 1.22. The minimum atomic E-state index is -0.166. The zero-order valence-corrected chi connectivity index (χ0v) is 18.2. The van der Waals surface area contributed by atoms with Crippen LogP contribution in [0.25, 0.3) is 0 Å². The Morgan fingerprint density at radius 2 is 1.96 bits per heavy atom. The molecule has 0 amide bonds. The van der Waals surface area contributed by atoms with E-state index in [1.807, 2.05) is 6.07 Å². The minimum Gasteiger partial charge on any atom is -0.371 e. The highest BCUT2D eigenvalue weighted by Crippen LogP contribution is 2.22. The van der Waals surface area contributed by atoms with E-state index in [1.54, 1.807) is 20.0 Å². The summed E-state index contributed by atoms with van der Waals surface area (Å²) >= 11 is 0. The molecule has 3 rings (SSSR count). The summed E-state index contributed by atoms with van der Waals surface area (Å²) in [7, 11) is 1.77. The molecule has 1 unspecified atom stereocenters. The molecular weight excluding hydrogens is 454 g/mol. The molecule has 4 nitrogen and oxygen atoms in total. The van der Waals surface area contributed by atoms with E-state index in [1.165, 1.54) is 18.2 Å². The van der Waals surface area contributed by atoms with Gasteiger partial charge in [-0.2, -0.15) is 0 Å². The molecule has 0 spiro atoms. The third kappa shape index (κ3) is 6.09. The van der Waals surface area contributed by atoms with Gasteiger partial charge in [0.15, 0.2) is 5.96 Å². The normalized spacial score (nSPS) is 16.8. The molecule has 1 saturated heterocycles. The molecule has 0 saturated carbocycles. The average Bonchev–Trinajstić information content (AvgIpc) is 3.14. The molecule has 1 heterocycles. The molecule has 0 aliphatic carbocycles. The van der Waals surface area contributed by atoms with Crippen LogP contribution in [0.15, 0.2) is 53.5 Å². The first-order valence-electron chi connectivity index (χ1n) is 9.15. The van der Waals surface area contributed by atoms with Gasteiger partial charge < -0.3 is 15.5 Å². The van der Waals surface area contributed by atoms with Crippen molar-refractivity contribution < 1.29 is 4.39 Å². The first-order valence-corrected chi connectivity index (χ1v) is 9.15. The van der Waals surface area contributed by atoms with Gasteiger partial charge in [-0.05, 0) is 48.6 Å². The molecule has 0 bridgehead atoms. The van der Waals surface area contributed by atoms with Crippen molar-refractivity contribution >= 4 is 35.6 Å². The lowest BCUT2D eigenvalue weighted by Gasteiger charge is -2.19. The number of hydrogen-bond acceptors (Lipinski definition) is 2. The number of para-hydroxylation sites is 1. The van der Waals surface area contributed by atoms with Gasteiger partial charge in [0.25, 0.3) is 0 Å². The van der Waals surface area contributed by atoms with Crippen LogP contribution in [-0.4, -0.2) is 32.6 Å². The maximum atomic E-state index is 13.4. The molecule has 0 radical (unpaired) electrons. The Balaban J connectivity index is 0.00000261.